The predicted octanol–water partition coefficient (Wildman–Crippen LogP) is 4.35. The molecule has 0 fully saturated rings. The van der Waals surface area contributed by atoms with Crippen LogP contribution in [-0.2, 0) is 0 Å². The number of hydrogen-bond donors (Lipinski definition) is 0. The molecular formula is C14H8ClN3. The summed E-state index contributed by atoms with van der Waals surface area (Å²) in [4.78, 5) is 8.06. The van der Waals surface area contributed by atoms with Gasteiger partial charge in [0.05, 0.1) is 16.9 Å². The zero-order chi connectivity index (χ0) is 12.8. The Bertz CT molecular complexity index is 647. The predicted molar refractivity (Wildman–Crippen MR) is 71.8 cm³/mol. The van der Waals surface area contributed by atoms with Gasteiger partial charge in [0.2, 0.25) is 0 Å². The van der Waals surface area contributed by atoms with Crippen molar-refractivity contribution in [2.45, 2.75) is 0 Å². The number of nitriles is 1. The molecule has 0 atom stereocenters. The molecule has 2 aromatic rings. The SMILES string of the molecule is N#Cc1ccccc1N=C=Nc1ccc(Cl)cc1. The fourth-order valence-corrected chi connectivity index (χ4v) is 1.44. The Morgan fingerprint density at radius 2 is 1.67 bits per heavy atom. The molecule has 3 nitrogen and oxygen atoms in total. The summed E-state index contributed by atoms with van der Waals surface area (Å²) in [6, 6.07) is 18.7. The van der Waals surface area contributed by atoms with Crippen LogP contribution in [0.25, 0.3) is 0 Å². The molecule has 0 aliphatic carbocycles. The maximum Gasteiger partial charge on any atom is 0.101 e. The zero-order valence-electron chi connectivity index (χ0n) is 9.34. The van der Waals surface area contributed by atoms with Crippen LogP contribution in [0.4, 0.5) is 11.4 Å². The van der Waals surface area contributed by atoms with Crippen molar-refractivity contribution >= 4 is 29.0 Å². The third kappa shape index (κ3) is 3.05. The number of rotatable bonds is 2. The van der Waals surface area contributed by atoms with Gasteiger partial charge in [-0.05, 0) is 36.4 Å². The first-order valence-corrected chi connectivity index (χ1v) is 5.58. The van der Waals surface area contributed by atoms with E-state index in [9.17, 15) is 0 Å². The van der Waals surface area contributed by atoms with Crippen molar-refractivity contribution in [1.82, 2.24) is 0 Å². The molecule has 0 aromatic heterocycles. The number of nitrogens with zero attached hydrogens (tertiary/aromatic N) is 3. The molecular weight excluding hydrogens is 246 g/mol. The highest BCUT2D eigenvalue weighted by Gasteiger charge is 1.96. The molecule has 2 aromatic carbocycles. The zero-order valence-corrected chi connectivity index (χ0v) is 10.1. The summed E-state index contributed by atoms with van der Waals surface area (Å²) < 4.78 is 0. The van der Waals surface area contributed by atoms with Gasteiger partial charge in [-0.2, -0.15) is 15.2 Å². The van der Waals surface area contributed by atoms with Crippen molar-refractivity contribution in [3.05, 3.63) is 59.1 Å². The molecule has 0 aliphatic rings. The minimum Gasteiger partial charge on any atom is -0.192 e. The lowest BCUT2D eigenvalue weighted by Gasteiger charge is -1.92. The average molecular weight is 254 g/mol. The number of aliphatic imine (C=N–C) groups is 2. The number of hydrogen-bond acceptors (Lipinski definition) is 3. The van der Waals surface area contributed by atoms with E-state index in [4.69, 9.17) is 16.9 Å². The summed E-state index contributed by atoms with van der Waals surface area (Å²) in [6.45, 7) is 0. The molecule has 18 heavy (non-hydrogen) atoms. The highest BCUT2D eigenvalue weighted by molar-refractivity contribution is 6.30. The van der Waals surface area contributed by atoms with Crippen LogP contribution in [0, 0.1) is 11.3 Å². The summed E-state index contributed by atoms with van der Waals surface area (Å²) >= 11 is 5.76. The van der Waals surface area contributed by atoms with Gasteiger partial charge >= 0.3 is 0 Å². The minimum atomic E-state index is 0.497. The van der Waals surface area contributed by atoms with Crippen LogP contribution in [0.3, 0.4) is 0 Å². The molecule has 2 rings (SSSR count). The summed E-state index contributed by atoms with van der Waals surface area (Å²) in [6.07, 6.45) is 0. The van der Waals surface area contributed by atoms with Gasteiger partial charge in [0, 0.05) is 5.02 Å². The van der Waals surface area contributed by atoms with Crippen LogP contribution in [0.2, 0.25) is 5.02 Å². The first-order chi connectivity index (χ1) is 8.79. The average Bonchev–Trinajstić information content (AvgIpc) is 2.41. The molecule has 0 saturated heterocycles. The molecule has 0 amide bonds. The normalized spacial score (nSPS) is 9.11. The van der Waals surface area contributed by atoms with E-state index in [1.54, 1.807) is 42.5 Å². The van der Waals surface area contributed by atoms with Gasteiger partial charge in [0.15, 0.2) is 0 Å². The molecule has 0 aliphatic heterocycles. The largest absolute Gasteiger partial charge is 0.192 e. The van der Waals surface area contributed by atoms with Crippen molar-refractivity contribution in [3.63, 3.8) is 0 Å². The fourth-order valence-electron chi connectivity index (χ4n) is 1.32. The van der Waals surface area contributed by atoms with Gasteiger partial charge in [-0.15, -0.1) is 0 Å². The van der Waals surface area contributed by atoms with E-state index < -0.39 is 0 Å². The molecule has 4 heteroatoms. The summed E-state index contributed by atoms with van der Waals surface area (Å²) in [7, 11) is 0. The van der Waals surface area contributed by atoms with Crippen molar-refractivity contribution in [2.75, 3.05) is 0 Å². The molecule has 0 radical (unpaired) electrons. The van der Waals surface area contributed by atoms with Gasteiger partial charge in [-0.25, -0.2) is 0 Å². The summed E-state index contributed by atoms with van der Waals surface area (Å²) in [5, 5.41) is 9.54. The third-order valence-corrected chi connectivity index (χ3v) is 2.45. The quantitative estimate of drug-likeness (QED) is 0.734. The molecule has 0 unspecified atom stereocenters. The standard InChI is InChI=1S/C14H8ClN3/c15-12-5-7-13(8-6-12)17-10-18-14-4-2-1-3-11(14)9-16/h1-8H. The molecule has 0 heterocycles. The lowest BCUT2D eigenvalue weighted by molar-refractivity contribution is 1.44. The first kappa shape index (κ1) is 12.1. The summed E-state index contributed by atoms with van der Waals surface area (Å²) in [5.74, 6) is 0. The van der Waals surface area contributed by atoms with E-state index in [0.717, 1.165) is 0 Å². The van der Waals surface area contributed by atoms with Gasteiger partial charge < -0.3 is 0 Å². The number of para-hydroxylation sites is 1. The molecule has 0 N–H and O–H groups in total. The topological polar surface area (TPSA) is 48.5 Å². The lowest BCUT2D eigenvalue weighted by atomic mass is 10.2. The molecule has 0 spiro atoms. The van der Waals surface area contributed by atoms with E-state index >= 15 is 0 Å². The first-order valence-electron chi connectivity index (χ1n) is 5.21. The van der Waals surface area contributed by atoms with Crippen LogP contribution in [0.15, 0.2) is 58.5 Å². The Morgan fingerprint density at radius 3 is 2.39 bits per heavy atom. The van der Waals surface area contributed by atoms with Crippen molar-refractivity contribution in [1.29, 1.82) is 5.26 Å². The lowest BCUT2D eigenvalue weighted by Crippen LogP contribution is -1.73. The highest BCUT2D eigenvalue weighted by Crippen LogP contribution is 2.18. The highest BCUT2D eigenvalue weighted by atomic mass is 35.5. The van der Waals surface area contributed by atoms with Crippen LogP contribution >= 0.6 is 11.6 Å². The Balaban J connectivity index is 2.25. The minimum absolute atomic E-state index is 0.497. The Labute approximate surface area is 110 Å². The van der Waals surface area contributed by atoms with E-state index in [1.165, 1.54) is 0 Å². The van der Waals surface area contributed by atoms with E-state index in [2.05, 4.69) is 22.1 Å². The van der Waals surface area contributed by atoms with Crippen molar-refractivity contribution in [2.24, 2.45) is 9.98 Å². The van der Waals surface area contributed by atoms with E-state index in [0.29, 0.717) is 22.0 Å². The van der Waals surface area contributed by atoms with Gasteiger partial charge in [-0.3, -0.25) is 0 Å². The maximum atomic E-state index is 8.88. The second-order valence-electron chi connectivity index (χ2n) is 3.43. The van der Waals surface area contributed by atoms with Gasteiger partial charge in [0.25, 0.3) is 0 Å². The maximum absolute atomic E-state index is 8.88. The number of benzene rings is 2. The summed E-state index contributed by atoms with van der Waals surface area (Å²) in [5.41, 5.74) is 1.76. The second-order valence-corrected chi connectivity index (χ2v) is 3.87. The Kier molecular flexibility index (Phi) is 3.88. The van der Waals surface area contributed by atoms with Crippen LogP contribution in [0.5, 0.6) is 0 Å². The molecule has 0 saturated carbocycles. The second kappa shape index (κ2) is 5.79. The van der Waals surface area contributed by atoms with Crippen molar-refractivity contribution < 1.29 is 0 Å². The Morgan fingerprint density at radius 1 is 0.944 bits per heavy atom. The monoisotopic (exact) mass is 253 g/mol. The third-order valence-electron chi connectivity index (χ3n) is 2.20. The Hall–Kier alpha value is -2.40. The molecule has 86 valence electrons. The smallest absolute Gasteiger partial charge is 0.101 e. The van der Waals surface area contributed by atoms with Crippen molar-refractivity contribution in [3.8, 4) is 6.07 Å². The molecule has 0 bridgehead atoms. The van der Waals surface area contributed by atoms with Crippen LogP contribution in [-0.4, -0.2) is 6.01 Å². The van der Waals surface area contributed by atoms with E-state index in [-0.39, 0.29) is 0 Å². The number of halogens is 1. The van der Waals surface area contributed by atoms with Crippen LogP contribution in [0.1, 0.15) is 5.56 Å². The van der Waals surface area contributed by atoms with Gasteiger partial charge in [-0.1, -0.05) is 23.7 Å². The van der Waals surface area contributed by atoms with E-state index in [1.807, 2.05) is 6.07 Å². The van der Waals surface area contributed by atoms with Crippen LogP contribution < -0.4 is 0 Å². The fraction of sp³-hybridized carbons (Fsp3) is 0. The van der Waals surface area contributed by atoms with Gasteiger partial charge in [0.1, 0.15) is 12.1 Å².